The van der Waals surface area contributed by atoms with Gasteiger partial charge in [0.25, 0.3) is 0 Å². The molecule has 0 spiro atoms. The summed E-state index contributed by atoms with van der Waals surface area (Å²) in [5.74, 6) is 0.624. The van der Waals surface area contributed by atoms with Crippen LogP contribution in [0.2, 0.25) is 0 Å². The fraction of sp³-hybridized carbons (Fsp3) is 0.600. The highest BCUT2D eigenvalue weighted by atomic mass is 32.2. The average molecular weight is 298 g/mol. The van der Waals surface area contributed by atoms with Crippen molar-refractivity contribution in [3.05, 3.63) is 29.8 Å². The number of hydrogen-bond donors (Lipinski definition) is 2. The molecule has 0 heterocycles. The second-order valence-corrected chi connectivity index (χ2v) is 6.93. The van der Waals surface area contributed by atoms with Crippen molar-refractivity contribution in [2.24, 2.45) is 11.1 Å². The van der Waals surface area contributed by atoms with Gasteiger partial charge in [0.1, 0.15) is 0 Å². The topological polar surface area (TPSA) is 72.2 Å². The van der Waals surface area contributed by atoms with Crippen LogP contribution in [0.5, 0.6) is 0 Å². The molecule has 0 aliphatic carbocycles. The van der Waals surface area contributed by atoms with E-state index in [1.165, 1.54) is 6.07 Å². The summed E-state index contributed by atoms with van der Waals surface area (Å²) >= 11 is 0. The molecule has 2 unspecified atom stereocenters. The van der Waals surface area contributed by atoms with Crippen molar-refractivity contribution in [1.82, 2.24) is 5.32 Å². The van der Waals surface area contributed by atoms with Crippen molar-refractivity contribution < 1.29 is 8.42 Å². The third kappa shape index (κ3) is 4.58. The Morgan fingerprint density at radius 3 is 2.30 bits per heavy atom. The zero-order valence-corrected chi connectivity index (χ0v) is 13.6. The summed E-state index contributed by atoms with van der Waals surface area (Å²) in [6, 6.07) is 7.30. The lowest BCUT2D eigenvalue weighted by molar-refractivity contribution is 0.330. The second kappa shape index (κ2) is 7.20. The Labute approximate surface area is 122 Å². The minimum absolute atomic E-state index is 0.0901. The summed E-state index contributed by atoms with van der Waals surface area (Å²) in [7, 11) is -3.64. The van der Waals surface area contributed by atoms with Gasteiger partial charge in [-0.25, -0.2) is 13.6 Å². The van der Waals surface area contributed by atoms with E-state index < -0.39 is 10.0 Å². The lowest BCUT2D eigenvalue weighted by atomic mass is 9.94. The second-order valence-electron chi connectivity index (χ2n) is 5.37. The smallest absolute Gasteiger partial charge is 0.238 e. The van der Waals surface area contributed by atoms with Crippen LogP contribution < -0.4 is 10.5 Å². The predicted molar refractivity (Wildman–Crippen MR) is 82.9 cm³/mol. The van der Waals surface area contributed by atoms with Crippen molar-refractivity contribution in [2.45, 2.75) is 57.5 Å². The monoisotopic (exact) mass is 298 g/mol. The van der Waals surface area contributed by atoms with E-state index in [1.807, 2.05) is 13.0 Å². The number of sulfonamides is 1. The number of rotatable bonds is 7. The average Bonchev–Trinajstić information content (AvgIpc) is 2.39. The van der Waals surface area contributed by atoms with Gasteiger partial charge in [-0.3, -0.25) is 0 Å². The third-order valence-corrected chi connectivity index (χ3v) is 4.87. The largest absolute Gasteiger partial charge is 0.307 e. The zero-order valence-electron chi connectivity index (χ0n) is 12.8. The molecule has 0 radical (unpaired) electrons. The molecule has 4 nitrogen and oxygen atoms in total. The van der Waals surface area contributed by atoms with Gasteiger partial charge in [0.15, 0.2) is 0 Å². The van der Waals surface area contributed by atoms with Crippen LogP contribution in [0.3, 0.4) is 0 Å². The van der Waals surface area contributed by atoms with Crippen molar-refractivity contribution in [3.63, 3.8) is 0 Å². The number of benzene rings is 1. The van der Waals surface area contributed by atoms with Crippen LogP contribution in [0.25, 0.3) is 0 Å². The maximum atomic E-state index is 11.4. The standard InChI is InChI=1S/C15H26N2O2S/c1-5-13(6-2)11(3)17-12(4)14-8-7-9-15(10-14)20(16,18)19/h7-13,17H,5-6H2,1-4H3,(H2,16,18,19). The molecule has 20 heavy (non-hydrogen) atoms. The first-order chi connectivity index (χ1) is 9.29. The van der Waals surface area contributed by atoms with Gasteiger partial charge < -0.3 is 5.32 Å². The van der Waals surface area contributed by atoms with Gasteiger partial charge in [-0.2, -0.15) is 0 Å². The van der Waals surface area contributed by atoms with Gasteiger partial charge in [-0.1, -0.05) is 38.8 Å². The van der Waals surface area contributed by atoms with E-state index in [2.05, 4.69) is 26.1 Å². The van der Waals surface area contributed by atoms with E-state index in [-0.39, 0.29) is 10.9 Å². The fourth-order valence-corrected chi connectivity index (χ4v) is 3.15. The summed E-state index contributed by atoms with van der Waals surface area (Å²) < 4.78 is 22.8. The van der Waals surface area contributed by atoms with Gasteiger partial charge >= 0.3 is 0 Å². The lowest BCUT2D eigenvalue weighted by Crippen LogP contribution is -2.35. The van der Waals surface area contributed by atoms with Crippen LogP contribution in [0.1, 0.15) is 52.1 Å². The highest BCUT2D eigenvalue weighted by Gasteiger charge is 2.17. The molecular weight excluding hydrogens is 272 g/mol. The molecule has 1 rings (SSSR count). The Bertz CT molecular complexity index is 524. The number of hydrogen-bond acceptors (Lipinski definition) is 3. The Morgan fingerprint density at radius 1 is 1.20 bits per heavy atom. The molecule has 0 bridgehead atoms. The molecule has 114 valence electrons. The van der Waals surface area contributed by atoms with E-state index in [0.29, 0.717) is 12.0 Å². The van der Waals surface area contributed by atoms with Crippen molar-refractivity contribution in [1.29, 1.82) is 0 Å². The molecule has 0 aromatic heterocycles. The van der Waals surface area contributed by atoms with E-state index in [4.69, 9.17) is 5.14 Å². The molecule has 1 aromatic rings. The van der Waals surface area contributed by atoms with Gasteiger partial charge in [-0.05, 0) is 37.5 Å². The molecule has 1 aromatic carbocycles. The van der Waals surface area contributed by atoms with Crippen molar-refractivity contribution in [3.8, 4) is 0 Å². The highest BCUT2D eigenvalue weighted by molar-refractivity contribution is 7.89. The van der Waals surface area contributed by atoms with Crippen LogP contribution in [-0.4, -0.2) is 14.5 Å². The molecule has 0 amide bonds. The van der Waals surface area contributed by atoms with E-state index in [0.717, 1.165) is 18.4 Å². The summed E-state index contributed by atoms with van der Waals surface area (Å²) in [5, 5.41) is 8.71. The Kier molecular flexibility index (Phi) is 6.17. The SMILES string of the molecule is CCC(CC)C(C)NC(C)c1cccc(S(N)(=O)=O)c1. The summed E-state index contributed by atoms with van der Waals surface area (Å²) in [6.45, 7) is 8.61. The molecule has 0 aliphatic heterocycles. The normalized spacial score (nSPS) is 15.3. The van der Waals surface area contributed by atoms with E-state index in [9.17, 15) is 8.42 Å². The molecule has 0 aliphatic rings. The molecule has 0 saturated heterocycles. The summed E-state index contributed by atoms with van der Waals surface area (Å²) in [5.41, 5.74) is 0.939. The summed E-state index contributed by atoms with van der Waals surface area (Å²) in [6.07, 6.45) is 2.27. The molecular formula is C15H26N2O2S. The number of nitrogens with one attached hydrogen (secondary N) is 1. The van der Waals surface area contributed by atoms with Crippen LogP contribution >= 0.6 is 0 Å². The maximum absolute atomic E-state index is 11.4. The Morgan fingerprint density at radius 2 is 1.80 bits per heavy atom. The van der Waals surface area contributed by atoms with Crippen molar-refractivity contribution in [2.75, 3.05) is 0 Å². The fourth-order valence-electron chi connectivity index (χ4n) is 2.58. The molecule has 0 fully saturated rings. The van der Waals surface area contributed by atoms with Gasteiger partial charge in [0, 0.05) is 12.1 Å². The Hall–Kier alpha value is -0.910. The quantitative estimate of drug-likeness (QED) is 0.813. The van der Waals surface area contributed by atoms with Crippen LogP contribution in [0.15, 0.2) is 29.2 Å². The Balaban J connectivity index is 2.85. The molecule has 2 atom stereocenters. The number of primary sulfonamides is 1. The number of nitrogens with two attached hydrogens (primary N) is 1. The van der Waals surface area contributed by atoms with Gasteiger partial charge in [0.2, 0.25) is 10.0 Å². The van der Waals surface area contributed by atoms with E-state index >= 15 is 0 Å². The first kappa shape index (κ1) is 17.1. The predicted octanol–water partition coefficient (Wildman–Crippen LogP) is 2.81. The summed E-state index contributed by atoms with van der Waals surface area (Å²) in [4.78, 5) is 0.166. The van der Waals surface area contributed by atoms with Crippen LogP contribution in [0, 0.1) is 5.92 Å². The zero-order chi connectivity index (χ0) is 15.3. The molecule has 3 N–H and O–H groups in total. The van der Waals surface area contributed by atoms with Crippen LogP contribution in [0.4, 0.5) is 0 Å². The molecule has 0 saturated carbocycles. The highest BCUT2D eigenvalue weighted by Crippen LogP contribution is 2.20. The van der Waals surface area contributed by atoms with Gasteiger partial charge in [0.05, 0.1) is 4.90 Å². The first-order valence-corrected chi connectivity index (χ1v) is 8.73. The maximum Gasteiger partial charge on any atom is 0.238 e. The third-order valence-electron chi connectivity index (χ3n) is 3.96. The lowest BCUT2D eigenvalue weighted by Gasteiger charge is -2.26. The van der Waals surface area contributed by atoms with E-state index in [1.54, 1.807) is 12.1 Å². The minimum atomic E-state index is -3.64. The molecule has 5 heteroatoms. The van der Waals surface area contributed by atoms with Crippen molar-refractivity contribution >= 4 is 10.0 Å². The van der Waals surface area contributed by atoms with Crippen LogP contribution in [-0.2, 0) is 10.0 Å². The van der Waals surface area contributed by atoms with Gasteiger partial charge in [-0.15, -0.1) is 0 Å². The first-order valence-electron chi connectivity index (χ1n) is 7.18. The minimum Gasteiger partial charge on any atom is -0.307 e.